The van der Waals surface area contributed by atoms with Gasteiger partial charge >= 0.3 is 0 Å². The molecule has 1 saturated heterocycles. The Morgan fingerprint density at radius 3 is 2.95 bits per heavy atom. The molecular formula is C15H21N3O. The summed E-state index contributed by atoms with van der Waals surface area (Å²) in [5.41, 5.74) is 2.22. The van der Waals surface area contributed by atoms with E-state index in [1.54, 1.807) is 7.11 Å². The molecule has 4 heteroatoms. The second-order valence-corrected chi connectivity index (χ2v) is 5.32. The highest BCUT2D eigenvalue weighted by Crippen LogP contribution is 2.35. The molecule has 19 heavy (non-hydrogen) atoms. The van der Waals surface area contributed by atoms with E-state index in [9.17, 15) is 0 Å². The molecule has 0 saturated carbocycles. The van der Waals surface area contributed by atoms with Crippen molar-refractivity contribution in [2.45, 2.75) is 31.7 Å². The van der Waals surface area contributed by atoms with E-state index in [1.165, 1.54) is 6.42 Å². The molecular weight excluding hydrogens is 238 g/mol. The summed E-state index contributed by atoms with van der Waals surface area (Å²) in [6.07, 6.45) is 3.46. The number of rotatable bonds is 3. The Bertz CT molecular complexity index is 597. The molecule has 0 amide bonds. The molecule has 1 unspecified atom stereocenters. The van der Waals surface area contributed by atoms with Crippen LogP contribution in [-0.4, -0.2) is 23.2 Å². The van der Waals surface area contributed by atoms with Crippen LogP contribution in [0.2, 0.25) is 0 Å². The van der Waals surface area contributed by atoms with Gasteiger partial charge in [-0.05, 0) is 37.9 Å². The van der Waals surface area contributed by atoms with Crippen LogP contribution < -0.4 is 10.1 Å². The summed E-state index contributed by atoms with van der Waals surface area (Å²) in [5.74, 6) is 2.01. The quantitative estimate of drug-likeness (QED) is 0.920. The van der Waals surface area contributed by atoms with Crippen LogP contribution in [0.15, 0.2) is 18.2 Å². The standard InChI is InChI=1S/C15H21N3O/c1-4-15(8-5-9-16-15)14-17-12-10-11(19-3)6-7-13(12)18(14)2/h6-7,10,16H,4-5,8-9H2,1-3H3. The summed E-state index contributed by atoms with van der Waals surface area (Å²) in [4.78, 5) is 4.87. The molecule has 2 heterocycles. The van der Waals surface area contributed by atoms with Crippen LogP contribution in [0.5, 0.6) is 5.75 Å². The zero-order valence-corrected chi connectivity index (χ0v) is 11.9. The van der Waals surface area contributed by atoms with Crippen LogP contribution in [-0.2, 0) is 12.6 Å². The van der Waals surface area contributed by atoms with Gasteiger partial charge in [0.05, 0.1) is 23.7 Å². The molecule has 1 fully saturated rings. The highest BCUT2D eigenvalue weighted by atomic mass is 16.5. The predicted molar refractivity (Wildman–Crippen MR) is 76.5 cm³/mol. The fraction of sp³-hybridized carbons (Fsp3) is 0.533. The number of aromatic nitrogens is 2. The van der Waals surface area contributed by atoms with Crippen molar-refractivity contribution in [3.8, 4) is 5.75 Å². The average Bonchev–Trinajstić information content (AvgIpc) is 3.04. The van der Waals surface area contributed by atoms with Crippen LogP contribution in [0, 0.1) is 0 Å². The first-order valence-electron chi connectivity index (χ1n) is 6.96. The third kappa shape index (κ3) is 1.82. The van der Waals surface area contributed by atoms with E-state index in [0.29, 0.717) is 0 Å². The topological polar surface area (TPSA) is 39.1 Å². The number of fused-ring (bicyclic) bond motifs is 1. The number of aryl methyl sites for hydroxylation is 1. The summed E-state index contributed by atoms with van der Waals surface area (Å²) in [7, 11) is 3.80. The normalized spacial score (nSPS) is 23.1. The van der Waals surface area contributed by atoms with Gasteiger partial charge in [0.2, 0.25) is 0 Å². The molecule has 1 aliphatic heterocycles. The first kappa shape index (κ1) is 12.5. The van der Waals surface area contributed by atoms with Gasteiger partial charge in [-0.1, -0.05) is 6.92 Å². The molecule has 4 nitrogen and oxygen atoms in total. The maximum absolute atomic E-state index is 5.28. The van der Waals surface area contributed by atoms with Crippen molar-refractivity contribution in [1.29, 1.82) is 0 Å². The Morgan fingerprint density at radius 2 is 2.32 bits per heavy atom. The van der Waals surface area contributed by atoms with Gasteiger partial charge in [0, 0.05) is 13.1 Å². The number of hydrogen-bond acceptors (Lipinski definition) is 3. The first-order valence-corrected chi connectivity index (χ1v) is 6.96. The van der Waals surface area contributed by atoms with Gasteiger partial charge in [0.1, 0.15) is 11.6 Å². The maximum atomic E-state index is 5.28. The van der Waals surface area contributed by atoms with E-state index in [-0.39, 0.29) is 5.54 Å². The molecule has 1 N–H and O–H groups in total. The average molecular weight is 259 g/mol. The maximum Gasteiger partial charge on any atom is 0.129 e. The minimum Gasteiger partial charge on any atom is -0.497 e. The van der Waals surface area contributed by atoms with Crippen molar-refractivity contribution in [2.75, 3.05) is 13.7 Å². The third-order valence-electron chi connectivity index (χ3n) is 4.36. The Labute approximate surface area is 113 Å². The number of imidazole rings is 1. The van der Waals surface area contributed by atoms with Gasteiger partial charge < -0.3 is 14.6 Å². The van der Waals surface area contributed by atoms with Crippen molar-refractivity contribution in [3.63, 3.8) is 0 Å². The van der Waals surface area contributed by atoms with E-state index in [2.05, 4.69) is 29.9 Å². The van der Waals surface area contributed by atoms with E-state index in [1.807, 2.05) is 12.1 Å². The van der Waals surface area contributed by atoms with Crippen molar-refractivity contribution in [1.82, 2.24) is 14.9 Å². The van der Waals surface area contributed by atoms with Gasteiger partial charge in [-0.15, -0.1) is 0 Å². The number of nitrogens with one attached hydrogen (secondary N) is 1. The lowest BCUT2D eigenvalue weighted by Gasteiger charge is -2.27. The number of methoxy groups -OCH3 is 1. The summed E-state index contributed by atoms with van der Waals surface area (Å²) < 4.78 is 7.50. The molecule has 1 aromatic heterocycles. The Kier molecular flexibility index (Phi) is 2.97. The molecule has 0 aliphatic carbocycles. The van der Waals surface area contributed by atoms with Crippen LogP contribution in [0.3, 0.4) is 0 Å². The number of nitrogens with zero attached hydrogens (tertiary/aromatic N) is 2. The molecule has 3 rings (SSSR count). The Balaban J connectivity index is 2.16. The zero-order valence-electron chi connectivity index (χ0n) is 11.9. The van der Waals surface area contributed by atoms with Crippen molar-refractivity contribution < 1.29 is 4.74 Å². The smallest absolute Gasteiger partial charge is 0.129 e. The monoisotopic (exact) mass is 259 g/mol. The van der Waals surface area contributed by atoms with E-state index >= 15 is 0 Å². The number of hydrogen-bond donors (Lipinski definition) is 1. The summed E-state index contributed by atoms with van der Waals surface area (Å²) >= 11 is 0. The minimum atomic E-state index is 0.0427. The highest BCUT2D eigenvalue weighted by Gasteiger charge is 2.37. The number of benzene rings is 1. The molecule has 0 bridgehead atoms. The Hall–Kier alpha value is -1.55. The molecule has 0 radical (unpaired) electrons. The second kappa shape index (κ2) is 4.53. The first-order chi connectivity index (χ1) is 9.20. The largest absolute Gasteiger partial charge is 0.497 e. The van der Waals surface area contributed by atoms with Gasteiger partial charge in [0.15, 0.2) is 0 Å². The lowest BCUT2D eigenvalue weighted by atomic mass is 9.93. The fourth-order valence-electron chi connectivity index (χ4n) is 3.19. The minimum absolute atomic E-state index is 0.0427. The fourth-order valence-corrected chi connectivity index (χ4v) is 3.19. The summed E-state index contributed by atoms with van der Waals surface area (Å²) in [6.45, 7) is 3.32. The molecule has 2 aromatic rings. The van der Waals surface area contributed by atoms with Crippen LogP contribution in [0.1, 0.15) is 32.0 Å². The summed E-state index contributed by atoms with van der Waals surface area (Å²) in [6, 6.07) is 6.09. The highest BCUT2D eigenvalue weighted by molar-refractivity contribution is 5.78. The van der Waals surface area contributed by atoms with Crippen molar-refractivity contribution in [3.05, 3.63) is 24.0 Å². The SMILES string of the molecule is CCC1(c2nc3cc(OC)ccc3n2C)CCCN1. The molecule has 1 aromatic carbocycles. The van der Waals surface area contributed by atoms with Crippen LogP contribution in [0.25, 0.3) is 11.0 Å². The zero-order chi connectivity index (χ0) is 13.5. The molecule has 1 aliphatic rings. The number of ether oxygens (including phenoxy) is 1. The van der Waals surface area contributed by atoms with E-state index in [4.69, 9.17) is 9.72 Å². The van der Waals surface area contributed by atoms with Gasteiger partial charge in [0.25, 0.3) is 0 Å². The molecule has 102 valence electrons. The van der Waals surface area contributed by atoms with Crippen LogP contribution >= 0.6 is 0 Å². The lowest BCUT2D eigenvalue weighted by molar-refractivity contribution is 0.345. The molecule has 1 atom stereocenters. The second-order valence-electron chi connectivity index (χ2n) is 5.32. The van der Waals surface area contributed by atoms with E-state index in [0.717, 1.165) is 42.0 Å². The van der Waals surface area contributed by atoms with Crippen molar-refractivity contribution >= 4 is 11.0 Å². The Morgan fingerprint density at radius 1 is 1.47 bits per heavy atom. The lowest BCUT2D eigenvalue weighted by Crippen LogP contribution is -2.38. The van der Waals surface area contributed by atoms with Crippen molar-refractivity contribution in [2.24, 2.45) is 7.05 Å². The predicted octanol–water partition coefficient (Wildman–Crippen LogP) is 2.57. The summed E-state index contributed by atoms with van der Waals surface area (Å²) in [5, 5.41) is 3.65. The van der Waals surface area contributed by atoms with Gasteiger partial charge in [-0.25, -0.2) is 4.98 Å². The van der Waals surface area contributed by atoms with Crippen LogP contribution in [0.4, 0.5) is 0 Å². The third-order valence-corrected chi connectivity index (χ3v) is 4.36. The van der Waals surface area contributed by atoms with Gasteiger partial charge in [-0.3, -0.25) is 0 Å². The molecule has 0 spiro atoms. The van der Waals surface area contributed by atoms with E-state index < -0.39 is 0 Å². The van der Waals surface area contributed by atoms with Gasteiger partial charge in [-0.2, -0.15) is 0 Å².